The predicted molar refractivity (Wildman–Crippen MR) is 59.1 cm³/mol. The van der Waals surface area contributed by atoms with Gasteiger partial charge in [0, 0.05) is 0 Å². The molecule has 1 aromatic carbocycles. The Morgan fingerprint density at radius 1 is 1.40 bits per heavy atom. The van der Waals surface area contributed by atoms with Crippen LogP contribution in [0.3, 0.4) is 0 Å². The number of rotatable bonds is 2. The highest BCUT2D eigenvalue weighted by atomic mass is 16.5. The first-order valence-corrected chi connectivity index (χ1v) is 5.54. The van der Waals surface area contributed by atoms with Gasteiger partial charge in [-0.2, -0.15) is 0 Å². The van der Waals surface area contributed by atoms with Crippen molar-refractivity contribution in [3.05, 3.63) is 29.3 Å². The summed E-state index contributed by atoms with van der Waals surface area (Å²) >= 11 is 0. The number of aryl methyl sites for hydroxylation is 1. The average molecular weight is 204 g/mol. The van der Waals surface area contributed by atoms with Crippen LogP contribution in [0.1, 0.15) is 43.7 Å². The van der Waals surface area contributed by atoms with Gasteiger partial charge in [-0.1, -0.05) is 26.0 Å². The zero-order valence-electron chi connectivity index (χ0n) is 9.25. The van der Waals surface area contributed by atoms with E-state index < -0.39 is 0 Å². The van der Waals surface area contributed by atoms with Crippen LogP contribution in [0.4, 0.5) is 0 Å². The molecule has 0 bridgehead atoms. The van der Waals surface area contributed by atoms with Gasteiger partial charge in [0.1, 0.15) is 5.75 Å². The van der Waals surface area contributed by atoms with Crippen molar-refractivity contribution in [2.24, 2.45) is 0 Å². The maximum absolute atomic E-state index is 11.2. The maximum atomic E-state index is 11.2. The second-order valence-electron chi connectivity index (χ2n) is 4.15. The maximum Gasteiger partial charge on any atom is 0.311 e. The summed E-state index contributed by atoms with van der Waals surface area (Å²) in [6, 6.07) is 6.25. The Kier molecular flexibility index (Phi) is 2.76. The van der Waals surface area contributed by atoms with Crippen molar-refractivity contribution in [2.45, 2.75) is 39.0 Å². The second-order valence-corrected chi connectivity index (χ2v) is 4.15. The van der Waals surface area contributed by atoms with Crippen LogP contribution >= 0.6 is 0 Å². The van der Waals surface area contributed by atoms with Crippen molar-refractivity contribution >= 4 is 5.97 Å². The van der Waals surface area contributed by atoms with Crippen LogP contribution in [0.15, 0.2) is 18.2 Å². The largest absolute Gasteiger partial charge is 0.426 e. The molecular weight excluding hydrogens is 188 g/mol. The molecule has 2 nitrogen and oxygen atoms in total. The Labute approximate surface area is 90.3 Å². The molecule has 1 heterocycles. The lowest BCUT2D eigenvalue weighted by Gasteiger charge is -2.18. The number of hydrogen-bond acceptors (Lipinski definition) is 2. The third-order valence-electron chi connectivity index (χ3n) is 3.09. The quantitative estimate of drug-likeness (QED) is 0.546. The first-order chi connectivity index (χ1) is 7.20. The Balaban J connectivity index is 2.32. The molecule has 2 rings (SSSR count). The highest BCUT2D eigenvalue weighted by Gasteiger charge is 2.17. The highest BCUT2D eigenvalue weighted by Crippen LogP contribution is 2.30. The van der Waals surface area contributed by atoms with E-state index in [0.29, 0.717) is 12.3 Å². The molecule has 1 aliphatic rings. The van der Waals surface area contributed by atoms with Crippen LogP contribution in [-0.4, -0.2) is 5.97 Å². The van der Waals surface area contributed by atoms with E-state index in [1.165, 1.54) is 5.56 Å². The van der Waals surface area contributed by atoms with Gasteiger partial charge in [0.05, 0.1) is 6.42 Å². The lowest BCUT2D eigenvalue weighted by Crippen LogP contribution is -2.16. The smallest absolute Gasteiger partial charge is 0.311 e. The van der Waals surface area contributed by atoms with Gasteiger partial charge in [0.25, 0.3) is 0 Å². The van der Waals surface area contributed by atoms with Gasteiger partial charge in [-0.15, -0.1) is 0 Å². The molecule has 0 radical (unpaired) electrons. The zero-order valence-corrected chi connectivity index (χ0v) is 9.25. The van der Waals surface area contributed by atoms with E-state index in [9.17, 15) is 4.79 Å². The fourth-order valence-corrected chi connectivity index (χ4v) is 1.83. The van der Waals surface area contributed by atoms with E-state index in [1.807, 2.05) is 6.07 Å². The number of benzene rings is 1. The monoisotopic (exact) mass is 204 g/mol. The summed E-state index contributed by atoms with van der Waals surface area (Å²) in [5.41, 5.74) is 2.41. The van der Waals surface area contributed by atoms with Crippen molar-refractivity contribution in [1.29, 1.82) is 0 Å². The molecule has 0 saturated carbocycles. The van der Waals surface area contributed by atoms with Crippen LogP contribution in [0.25, 0.3) is 0 Å². The molecule has 0 aromatic heterocycles. The summed E-state index contributed by atoms with van der Waals surface area (Å²) < 4.78 is 5.23. The molecule has 0 spiro atoms. The number of carbonyl (C=O) groups is 1. The van der Waals surface area contributed by atoms with Crippen LogP contribution in [0, 0.1) is 0 Å². The van der Waals surface area contributed by atoms with Crippen LogP contribution in [-0.2, 0) is 11.2 Å². The number of hydrogen-bond donors (Lipinski definition) is 0. The number of ether oxygens (including phenoxy) is 1. The molecule has 15 heavy (non-hydrogen) atoms. The molecule has 0 N–H and O–H groups in total. The van der Waals surface area contributed by atoms with Gasteiger partial charge in [-0.25, -0.2) is 0 Å². The van der Waals surface area contributed by atoms with Gasteiger partial charge in [-0.3, -0.25) is 4.79 Å². The van der Waals surface area contributed by atoms with E-state index in [2.05, 4.69) is 26.0 Å². The Morgan fingerprint density at radius 2 is 2.20 bits per heavy atom. The van der Waals surface area contributed by atoms with Crippen LogP contribution in [0.5, 0.6) is 5.75 Å². The summed E-state index contributed by atoms with van der Waals surface area (Å²) in [5.74, 6) is 1.18. The molecule has 2 heteroatoms. The van der Waals surface area contributed by atoms with E-state index in [1.54, 1.807) is 0 Å². The van der Waals surface area contributed by atoms with E-state index in [-0.39, 0.29) is 5.97 Å². The lowest BCUT2D eigenvalue weighted by molar-refractivity contribution is -0.135. The number of esters is 1. The standard InChI is InChI=1S/C13H16O2/c1-3-9(2)11-5-4-10-6-7-13(14)15-12(10)8-11/h4-5,8-9H,3,6-7H2,1-2H3. The van der Waals surface area contributed by atoms with Crippen LogP contribution in [0.2, 0.25) is 0 Å². The molecule has 0 fully saturated rings. The van der Waals surface area contributed by atoms with Gasteiger partial charge >= 0.3 is 5.97 Å². The van der Waals surface area contributed by atoms with Crippen molar-refractivity contribution in [3.8, 4) is 5.75 Å². The van der Waals surface area contributed by atoms with Gasteiger partial charge in [0.15, 0.2) is 0 Å². The van der Waals surface area contributed by atoms with Gasteiger partial charge < -0.3 is 4.74 Å². The molecule has 0 amide bonds. The van der Waals surface area contributed by atoms with Crippen molar-refractivity contribution in [1.82, 2.24) is 0 Å². The van der Waals surface area contributed by atoms with Crippen molar-refractivity contribution in [3.63, 3.8) is 0 Å². The minimum Gasteiger partial charge on any atom is -0.426 e. The number of fused-ring (bicyclic) bond motifs is 1. The summed E-state index contributed by atoms with van der Waals surface area (Å²) in [6.45, 7) is 4.35. The zero-order chi connectivity index (χ0) is 10.8. The first-order valence-electron chi connectivity index (χ1n) is 5.54. The first kappa shape index (κ1) is 10.2. The average Bonchev–Trinajstić information content (AvgIpc) is 2.27. The van der Waals surface area contributed by atoms with E-state index in [0.717, 1.165) is 24.2 Å². The Hall–Kier alpha value is -1.31. The summed E-state index contributed by atoms with van der Waals surface area (Å²) in [7, 11) is 0. The second kappa shape index (κ2) is 4.05. The Bertz CT molecular complexity index is 382. The van der Waals surface area contributed by atoms with E-state index >= 15 is 0 Å². The normalized spacial score (nSPS) is 16.8. The number of carbonyl (C=O) groups excluding carboxylic acids is 1. The Morgan fingerprint density at radius 3 is 2.93 bits per heavy atom. The fraction of sp³-hybridized carbons (Fsp3) is 0.462. The van der Waals surface area contributed by atoms with E-state index in [4.69, 9.17) is 4.74 Å². The molecule has 1 atom stereocenters. The molecule has 1 aromatic rings. The van der Waals surface area contributed by atoms with Crippen molar-refractivity contribution in [2.75, 3.05) is 0 Å². The molecular formula is C13H16O2. The molecule has 0 aliphatic carbocycles. The van der Waals surface area contributed by atoms with Crippen molar-refractivity contribution < 1.29 is 9.53 Å². The summed E-state index contributed by atoms with van der Waals surface area (Å²) in [6.07, 6.45) is 2.43. The topological polar surface area (TPSA) is 26.3 Å². The molecule has 1 aliphatic heterocycles. The molecule has 80 valence electrons. The minimum atomic E-state index is -0.108. The summed E-state index contributed by atoms with van der Waals surface area (Å²) in [5, 5.41) is 0. The highest BCUT2D eigenvalue weighted by molar-refractivity contribution is 5.75. The SMILES string of the molecule is CCC(C)c1ccc2c(c1)OC(=O)CC2. The third kappa shape index (κ3) is 2.04. The van der Waals surface area contributed by atoms with Crippen LogP contribution < -0.4 is 4.74 Å². The molecule has 0 saturated heterocycles. The summed E-state index contributed by atoms with van der Waals surface area (Å²) in [4.78, 5) is 11.2. The fourth-order valence-electron chi connectivity index (χ4n) is 1.83. The molecule has 1 unspecified atom stereocenters. The van der Waals surface area contributed by atoms with Gasteiger partial charge in [0.2, 0.25) is 0 Å². The van der Waals surface area contributed by atoms with Gasteiger partial charge in [-0.05, 0) is 36.0 Å². The predicted octanol–water partition coefficient (Wildman–Crippen LogP) is 3.05. The minimum absolute atomic E-state index is 0.108. The third-order valence-corrected chi connectivity index (χ3v) is 3.09. The lowest BCUT2D eigenvalue weighted by atomic mass is 9.95.